The maximum absolute atomic E-state index is 9.79. The number of aromatic hydroxyl groups is 1. The van der Waals surface area contributed by atoms with Crippen molar-refractivity contribution in [2.45, 2.75) is 0 Å². The zero-order valence-electron chi connectivity index (χ0n) is 10.4. The fourth-order valence-corrected chi connectivity index (χ4v) is 4.28. The lowest BCUT2D eigenvalue weighted by atomic mass is 10.2. The van der Waals surface area contributed by atoms with Gasteiger partial charge in [0.2, 0.25) is 6.79 Å². The van der Waals surface area contributed by atoms with Crippen molar-refractivity contribution < 1.29 is 14.6 Å². The average molecular weight is 429 g/mol. The molecule has 0 saturated carbocycles. The fraction of sp³-hybridized carbons (Fsp3) is 0.0714. The molecule has 0 bridgehead atoms. The van der Waals surface area contributed by atoms with Crippen LogP contribution in [0.4, 0.5) is 0 Å². The van der Waals surface area contributed by atoms with Crippen molar-refractivity contribution in [2.75, 3.05) is 6.79 Å². The molecule has 0 unspecified atom stereocenters. The number of thiazole rings is 1. The Kier molecular flexibility index (Phi) is 3.09. The second-order valence-corrected chi connectivity index (χ2v) is 7.22. The van der Waals surface area contributed by atoms with E-state index < -0.39 is 0 Å². The first kappa shape index (κ1) is 13.4. The molecule has 1 N–H and O–H groups in total. The van der Waals surface area contributed by atoms with Crippen LogP contribution in [0.3, 0.4) is 0 Å². The minimum absolute atomic E-state index is 0.181. The van der Waals surface area contributed by atoms with Crippen LogP contribution in [0, 0.1) is 0 Å². The van der Waals surface area contributed by atoms with Gasteiger partial charge in [-0.25, -0.2) is 4.98 Å². The number of phenols is 1. The molecular weight excluding hydrogens is 422 g/mol. The summed E-state index contributed by atoms with van der Waals surface area (Å²) >= 11 is 8.25. The zero-order chi connectivity index (χ0) is 14.6. The number of ether oxygens (including phenoxy) is 2. The molecule has 0 saturated heterocycles. The molecule has 106 valence electrons. The predicted octanol–water partition coefficient (Wildman–Crippen LogP) is 4.92. The Morgan fingerprint density at radius 1 is 1.05 bits per heavy atom. The van der Waals surface area contributed by atoms with E-state index in [1.807, 2.05) is 24.3 Å². The van der Waals surface area contributed by atoms with Crippen molar-refractivity contribution in [2.24, 2.45) is 0 Å². The third kappa shape index (κ3) is 2.20. The van der Waals surface area contributed by atoms with Crippen LogP contribution in [0.1, 0.15) is 0 Å². The Hall–Kier alpha value is -1.31. The minimum Gasteiger partial charge on any atom is -0.506 e. The number of aromatic nitrogens is 1. The van der Waals surface area contributed by atoms with Crippen molar-refractivity contribution >= 4 is 53.4 Å². The highest BCUT2D eigenvalue weighted by atomic mass is 79.9. The molecule has 0 aliphatic carbocycles. The van der Waals surface area contributed by atoms with Crippen LogP contribution in [0.15, 0.2) is 33.2 Å². The second kappa shape index (κ2) is 4.86. The highest BCUT2D eigenvalue weighted by Gasteiger charge is 2.17. The maximum Gasteiger partial charge on any atom is 0.231 e. The summed E-state index contributed by atoms with van der Waals surface area (Å²) in [5.74, 6) is 1.67. The normalized spacial score (nSPS) is 13.0. The molecule has 1 aromatic heterocycles. The Balaban J connectivity index is 1.88. The molecule has 0 fully saturated rings. The van der Waals surface area contributed by atoms with Gasteiger partial charge in [0.1, 0.15) is 10.8 Å². The summed E-state index contributed by atoms with van der Waals surface area (Å²) in [7, 11) is 0. The monoisotopic (exact) mass is 427 g/mol. The van der Waals surface area contributed by atoms with E-state index in [-0.39, 0.29) is 12.5 Å². The van der Waals surface area contributed by atoms with Gasteiger partial charge < -0.3 is 14.6 Å². The molecule has 3 aromatic rings. The first-order valence-corrected chi connectivity index (χ1v) is 8.40. The Morgan fingerprint density at radius 2 is 1.71 bits per heavy atom. The van der Waals surface area contributed by atoms with E-state index in [2.05, 4.69) is 36.8 Å². The molecule has 2 heterocycles. The highest BCUT2D eigenvalue weighted by Crippen LogP contribution is 2.42. The standard InChI is InChI=1S/C14H7Br2NO3S/c15-7-1-6(2-8(16)13(7)18)14-17-9-3-10-11(20-5-19-10)4-12(9)21-14/h1-4,18H,5H2. The van der Waals surface area contributed by atoms with Crippen LogP contribution >= 0.6 is 43.2 Å². The van der Waals surface area contributed by atoms with E-state index in [4.69, 9.17) is 9.47 Å². The smallest absolute Gasteiger partial charge is 0.231 e. The summed E-state index contributed by atoms with van der Waals surface area (Å²) in [5, 5.41) is 10.7. The quantitative estimate of drug-likeness (QED) is 0.597. The van der Waals surface area contributed by atoms with Gasteiger partial charge in [0.15, 0.2) is 11.5 Å². The number of rotatable bonds is 1. The van der Waals surface area contributed by atoms with Crippen LogP contribution in [-0.4, -0.2) is 16.9 Å². The number of nitrogens with zero attached hydrogens (tertiary/aromatic N) is 1. The van der Waals surface area contributed by atoms with Gasteiger partial charge in [-0.1, -0.05) is 0 Å². The van der Waals surface area contributed by atoms with Crippen molar-refractivity contribution in [3.63, 3.8) is 0 Å². The van der Waals surface area contributed by atoms with Gasteiger partial charge in [-0.05, 0) is 44.0 Å². The molecular formula is C14H7Br2NO3S. The third-order valence-corrected chi connectivity index (χ3v) is 5.42. The van der Waals surface area contributed by atoms with Crippen molar-refractivity contribution in [1.29, 1.82) is 0 Å². The van der Waals surface area contributed by atoms with Crippen LogP contribution in [-0.2, 0) is 0 Å². The van der Waals surface area contributed by atoms with Crippen molar-refractivity contribution in [1.82, 2.24) is 4.98 Å². The van der Waals surface area contributed by atoms with E-state index in [9.17, 15) is 5.11 Å². The third-order valence-electron chi connectivity index (χ3n) is 3.15. The summed E-state index contributed by atoms with van der Waals surface area (Å²) in [6, 6.07) is 7.53. The molecule has 4 rings (SSSR count). The van der Waals surface area contributed by atoms with Gasteiger partial charge in [-0.2, -0.15) is 0 Å². The van der Waals surface area contributed by atoms with E-state index in [0.29, 0.717) is 8.95 Å². The molecule has 7 heteroatoms. The van der Waals surface area contributed by atoms with Gasteiger partial charge in [0, 0.05) is 17.7 Å². The second-order valence-electron chi connectivity index (χ2n) is 4.48. The van der Waals surface area contributed by atoms with Crippen LogP contribution in [0.5, 0.6) is 17.2 Å². The Labute approximate surface area is 140 Å². The Bertz CT molecular complexity index is 814. The number of hydrogen-bond acceptors (Lipinski definition) is 5. The molecule has 1 aliphatic heterocycles. The van der Waals surface area contributed by atoms with Gasteiger partial charge >= 0.3 is 0 Å². The molecule has 1 aliphatic rings. The number of fused-ring (bicyclic) bond motifs is 2. The molecule has 0 spiro atoms. The van der Waals surface area contributed by atoms with Crippen LogP contribution in [0.25, 0.3) is 20.8 Å². The van der Waals surface area contributed by atoms with E-state index in [1.54, 1.807) is 11.3 Å². The fourth-order valence-electron chi connectivity index (χ4n) is 2.13. The number of phenolic OH excluding ortho intramolecular Hbond substituents is 1. The van der Waals surface area contributed by atoms with Gasteiger partial charge in [0.25, 0.3) is 0 Å². The summed E-state index contributed by atoms with van der Waals surface area (Å²) in [4.78, 5) is 4.63. The summed E-state index contributed by atoms with van der Waals surface area (Å²) < 4.78 is 13.0. The van der Waals surface area contributed by atoms with Gasteiger partial charge in [0.05, 0.1) is 19.2 Å². The number of halogens is 2. The number of benzene rings is 2. The van der Waals surface area contributed by atoms with Crippen LogP contribution in [0.2, 0.25) is 0 Å². The van der Waals surface area contributed by atoms with Gasteiger partial charge in [-0.15, -0.1) is 11.3 Å². The Morgan fingerprint density at radius 3 is 2.43 bits per heavy atom. The minimum atomic E-state index is 0.181. The lowest BCUT2D eigenvalue weighted by Crippen LogP contribution is -1.92. The van der Waals surface area contributed by atoms with Crippen LogP contribution < -0.4 is 9.47 Å². The largest absolute Gasteiger partial charge is 0.506 e. The SMILES string of the molecule is Oc1c(Br)cc(-c2nc3cc4c(cc3s2)OCO4)cc1Br. The lowest BCUT2D eigenvalue weighted by molar-refractivity contribution is 0.174. The first-order chi connectivity index (χ1) is 10.1. The van der Waals surface area contributed by atoms with Gasteiger partial charge in [-0.3, -0.25) is 0 Å². The molecule has 0 atom stereocenters. The summed E-state index contributed by atoms with van der Waals surface area (Å²) in [6.07, 6.45) is 0. The first-order valence-electron chi connectivity index (χ1n) is 6.00. The molecule has 0 amide bonds. The zero-order valence-corrected chi connectivity index (χ0v) is 14.4. The molecule has 4 nitrogen and oxygen atoms in total. The molecule has 0 radical (unpaired) electrons. The highest BCUT2D eigenvalue weighted by molar-refractivity contribution is 9.11. The summed E-state index contributed by atoms with van der Waals surface area (Å²) in [5.41, 5.74) is 1.80. The van der Waals surface area contributed by atoms with E-state index >= 15 is 0 Å². The lowest BCUT2D eigenvalue weighted by Gasteiger charge is -2.03. The van der Waals surface area contributed by atoms with Crippen molar-refractivity contribution in [3.8, 4) is 27.8 Å². The van der Waals surface area contributed by atoms with E-state index in [1.165, 1.54) is 0 Å². The molecule has 2 aromatic carbocycles. The summed E-state index contributed by atoms with van der Waals surface area (Å²) in [6.45, 7) is 0.261. The van der Waals surface area contributed by atoms with Crippen molar-refractivity contribution in [3.05, 3.63) is 33.2 Å². The number of hydrogen-bond donors (Lipinski definition) is 1. The molecule has 21 heavy (non-hydrogen) atoms. The maximum atomic E-state index is 9.79. The average Bonchev–Trinajstić information content (AvgIpc) is 3.06. The topological polar surface area (TPSA) is 51.6 Å². The van der Waals surface area contributed by atoms with E-state index in [0.717, 1.165) is 32.3 Å². The predicted molar refractivity (Wildman–Crippen MR) is 88.2 cm³/mol.